The fourth-order valence-electron chi connectivity index (χ4n) is 1.66. The van der Waals surface area contributed by atoms with Gasteiger partial charge in [-0.25, -0.2) is 0 Å². The van der Waals surface area contributed by atoms with Gasteiger partial charge in [0.2, 0.25) is 5.91 Å². The average molecular weight is 250 g/mol. The Hall–Kier alpha value is -2.04. The fourth-order valence-corrected chi connectivity index (χ4v) is 1.66. The lowest BCUT2D eigenvalue weighted by Gasteiger charge is -2.26. The number of carbonyl (C=O) groups is 2. The lowest BCUT2D eigenvalue weighted by Crippen LogP contribution is -2.31. The number of hydrogen-bond acceptors (Lipinski definition) is 4. The van der Waals surface area contributed by atoms with Crippen LogP contribution in [0.2, 0.25) is 0 Å². The van der Waals surface area contributed by atoms with Gasteiger partial charge in [-0.05, 0) is 17.7 Å². The van der Waals surface area contributed by atoms with Crippen molar-refractivity contribution in [2.24, 2.45) is 0 Å². The topological polar surface area (TPSA) is 72.6 Å². The third-order valence-corrected chi connectivity index (χ3v) is 2.87. The van der Waals surface area contributed by atoms with Crippen molar-refractivity contribution in [1.82, 2.24) is 4.90 Å². The maximum atomic E-state index is 11.4. The van der Waals surface area contributed by atoms with Gasteiger partial charge in [0.25, 0.3) is 0 Å². The molecule has 2 N–H and O–H groups in total. The summed E-state index contributed by atoms with van der Waals surface area (Å²) in [5.74, 6) is -0.467. The van der Waals surface area contributed by atoms with E-state index in [0.29, 0.717) is 5.69 Å². The molecule has 0 saturated heterocycles. The van der Waals surface area contributed by atoms with E-state index in [-0.39, 0.29) is 24.3 Å². The molecule has 0 heterocycles. The van der Waals surface area contributed by atoms with E-state index < -0.39 is 0 Å². The van der Waals surface area contributed by atoms with E-state index in [1.807, 2.05) is 12.1 Å². The average Bonchev–Trinajstić information content (AvgIpc) is 2.36. The summed E-state index contributed by atoms with van der Waals surface area (Å²) >= 11 is 0. The number of nitrogens with two attached hydrogens (primary N) is 1. The molecule has 0 aliphatic heterocycles. The van der Waals surface area contributed by atoms with Crippen molar-refractivity contribution in [3.63, 3.8) is 0 Å². The van der Waals surface area contributed by atoms with Crippen LogP contribution in [0.5, 0.6) is 0 Å². The van der Waals surface area contributed by atoms with Crippen LogP contribution in [0.1, 0.15) is 24.9 Å². The van der Waals surface area contributed by atoms with Gasteiger partial charge < -0.3 is 15.4 Å². The van der Waals surface area contributed by atoms with E-state index in [4.69, 9.17) is 5.73 Å². The summed E-state index contributed by atoms with van der Waals surface area (Å²) in [7, 11) is 2.99. The zero-order chi connectivity index (χ0) is 13.7. The van der Waals surface area contributed by atoms with Crippen LogP contribution in [0.15, 0.2) is 24.3 Å². The first-order valence-electron chi connectivity index (χ1n) is 5.61. The molecule has 0 aliphatic rings. The van der Waals surface area contributed by atoms with Gasteiger partial charge in [-0.2, -0.15) is 0 Å². The highest BCUT2D eigenvalue weighted by Gasteiger charge is 2.22. The summed E-state index contributed by atoms with van der Waals surface area (Å²) < 4.78 is 4.65. The van der Waals surface area contributed by atoms with Crippen LogP contribution in [0.3, 0.4) is 0 Å². The minimum absolute atomic E-state index is 0.110. The minimum Gasteiger partial charge on any atom is -0.469 e. The lowest BCUT2D eigenvalue weighted by atomic mass is 10.0. The Kier molecular flexibility index (Phi) is 4.71. The molecule has 0 aliphatic carbocycles. The highest BCUT2D eigenvalue weighted by Crippen LogP contribution is 2.24. The molecule has 0 radical (unpaired) electrons. The second-order valence-electron chi connectivity index (χ2n) is 4.09. The normalized spacial score (nSPS) is 11.7. The fraction of sp³-hybridized carbons (Fsp3) is 0.385. The first kappa shape index (κ1) is 14.0. The number of esters is 1. The molecule has 1 aromatic carbocycles. The third kappa shape index (κ3) is 3.48. The Bertz CT molecular complexity index is 428. The number of carbonyl (C=O) groups excluding carboxylic acids is 2. The highest BCUT2D eigenvalue weighted by molar-refractivity contribution is 5.76. The van der Waals surface area contributed by atoms with Gasteiger partial charge in [0.05, 0.1) is 19.6 Å². The Morgan fingerprint density at radius 2 is 1.89 bits per heavy atom. The molecule has 0 saturated carbocycles. The third-order valence-electron chi connectivity index (χ3n) is 2.87. The Morgan fingerprint density at radius 3 is 2.33 bits per heavy atom. The van der Waals surface area contributed by atoms with Crippen molar-refractivity contribution in [2.45, 2.75) is 19.4 Å². The van der Waals surface area contributed by atoms with Crippen LogP contribution in [-0.4, -0.2) is 30.9 Å². The molecule has 1 atom stereocenters. The van der Waals surface area contributed by atoms with E-state index in [9.17, 15) is 9.59 Å². The van der Waals surface area contributed by atoms with Crippen molar-refractivity contribution in [1.29, 1.82) is 0 Å². The van der Waals surface area contributed by atoms with Gasteiger partial charge in [-0.3, -0.25) is 9.59 Å². The van der Waals surface area contributed by atoms with Gasteiger partial charge in [0.15, 0.2) is 0 Å². The monoisotopic (exact) mass is 250 g/mol. The summed E-state index contributed by atoms with van der Waals surface area (Å²) in [6.45, 7) is 1.46. The SMILES string of the molecule is COC(=O)CC(c1ccc(N)cc1)N(C)C(C)=O. The molecule has 0 bridgehead atoms. The predicted octanol–water partition coefficient (Wildman–Crippen LogP) is 1.35. The van der Waals surface area contributed by atoms with E-state index in [1.54, 1.807) is 19.2 Å². The molecule has 18 heavy (non-hydrogen) atoms. The molecule has 0 spiro atoms. The van der Waals surface area contributed by atoms with Crippen molar-refractivity contribution in [2.75, 3.05) is 19.9 Å². The number of benzene rings is 1. The lowest BCUT2D eigenvalue weighted by molar-refractivity contribution is -0.143. The van der Waals surface area contributed by atoms with Gasteiger partial charge >= 0.3 is 5.97 Å². The number of methoxy groups -OCH3 is 1. The zero-order valence-corrected chi connectivity index (χ0v) is 10.8. The number of ether oxygens (including phenoxy) is 1. The molecule has 98 valence electrons. The molecule has 5 heteroatoms. The second kappa shape index (κ2) is 6.05. The van der Waals surface area contributed by atoms with Crippen LogP contribution in [0, 0.1) is 0 Å². The van der Waals surface area contributed by atoms with Crippen molar-refractivity contribution in [3.05, 3.63) is 29.8 Å². The second-order valence-corrected chi connectivity index (χ2v) is 4.09. The highest BCUT2D eigenvalue weighted by atomic mass is 16.5. The first-order chi connectivity index (χ1) is 8.45. The maximum absolute atomic E-state index is 11.4. The Morgan fingerprint density at radius 1 is 1.33 bits per heavy atom. The number of nitrogen functional groups attached to an aromatic ring is 1. The molecule has 0 aromatic heterocycles. The van der Waals surface area contributed by atoms with Crippen LogP contribution in [-0.2, 0) is 14.3 Å². The van der Waals surface area contributed by atoms with Gasteiger partial charge in [0.1, 0.15) is 0 Å². The van der Waals surface area contributed by atoms with E-state index in [2.05, 4.69) is 4.74 Å². The minimum atomic E-state index is -0.357. The maximum Gasteiger partial charge on any atom is 0.307 e. The van der Waals surface area contributed by atoms with Gasteiger partial charge in [-0.15, -0.1) is 0 Å². The molecule has 1 aromatic rings. The van der Waals surface area contributed by atoms with E-state index in [0.717, 1.165) is 5.56 Å². The van der Waals surface area contributed by atoms with Crippen LogP contribution in [0.4, 0.5) is 5.69 Å². The summed E-state index contributed by atoms with van der Waals surface area (Å²) in [5, 5.41) is 0. The standard InChI is InChI=1S/C13H18N2O3/c1-9(16)15(2)12(8-13(17)18-3)10-4-6-11(14)7-5-10/h4-7,12H,8,14H2,1-3H3. The summed E-state index contributed by atoms with van der Waals surface area (Å²) in [6, 6.07) is 6.77. The Labute approximate surface area is 107 Å². The number of hydrogen-bond donors (Lipinski definition) is 1. The van der Waals surface area contributed by atoms with Crippen molar-refractivity contribution >= 4 is 17.6 Å². The summed E-state index contributed by atoms with van der Waals surface area (Å²) in [4.78, 5) is 24.4. The molecular weight excluding hydrogens is 232 g/mol. The van der Waals surface area contributed by atoms with E-state index >= 15 is 0 Å². The van der Waals surface area contributed by atoms with Crippen molar-refractivity contribution < 1.29 is 14.3 Å². The molecule has 1 unspecified atom stereocenters. The molecular formula is C13H18N2O3. The summed E-state index contributed by atoms with van der Waals surface area (Å²) in [5.41, 5.74) is 7.11. The molecule has 0 fully saturated rings. The summed E-state index contributed by atoms with van der Waals surface area (Å²) in [6.07, 6.45) is 0.122. The van der Waals surface area contributed by atoms with E-state index in [1.165, 1.54) is 18.9 Å². The number of amides is 1. The van der Waals surface area contributed by atoms with Crippen LogP contribution in [0.25, 0.3) is 0 Å². The quantitative estimate of drug-likeness (QED) is 0.646. The predicted molar refractivity (Wildman–Crippen MR) is 68.7 cm³/mol. The van der Waals surface area contributed by atoms with Gasteiger partial charge in [-0.1, -0.05) is 12.1 Å². The van der Waals surface area contributed by atoms with Crippen LogP contribution < -0.4 is 5.73 Å². The molecule has 1 amide bonds. The molecule has 5 nitrogen and oxygen atoms in total. The van der Waals surface area contributed by atoms with Crippen LogP contribution >= 0.6 is 0 Å². The smallest absolute Gasteiger partial charge is 0.307 e. The first-order valence-corrected chi connectivity index (χ1v) is 5.61. The van der Waals surface area contributed by atoms with Gasteiger partial charge in [0, 0.05) is 19.7 Å². The number of nitrogens with zero attached hydrogens (tertiary/aromatic N) is 1. The number of anilines is 1. The van der Waals surface area contributed by atoms with Crippen molar-refractivity contribution in [3.8, 4) is 0 Å². The Balaban J connectivity index is 2.99. The number of rotatable bonds is 4. The largest absolute Gasteiger partial charge is 0.469 e. The molecule has 1 rings (SSSR count). The zero-order valence-electron chi connectivity index (χ0n) is 10.8.